The molecule has 1 aliphatic carbocycles. The van der Waals surface area contributed by atoms with Gasteiger partial charge in [-0.05, 0) is 49.8 Å². The van der Waals surface area contributed by atoms with Crippen molar-refractivity contribution >= 4 is 50.6 Å². The van der Waals surface area contributed by atoms with Crippen molar-refractivity contribution < 1.29 is 18.0 Å². The van der Waals surface area contributed by atoms with Gasteiger partial charge in [-0.3, -0.25) is 9.20 Å². The van der Waals surface area contributed by atoms with E-state index in [-0.39, 0.29) is 11.4 Å². The quantitative estimate of drug-likeness (QED) is 0.381. The summed E-state index contributed by atoms with van der Waals surface area (Å²) in [5, 5.41) is 12.5. The van der Waals surface area contributed by atoms with Crippen LogP contribution in [0.2, 0.25) is 0 Å². The molecule has 0 spiro atoms. The van der Waals surface area contributed by atoms with Gasteiger partial charge in [-0.1, -0.05) is 30.8 Å². The first-order valence-corrected chi connectivity index (χ1v) is 12.3. The van der Waals surface area contributed by atoms with Gasteiger partial charge in [0.05, 0.1) is 22.4 Å². The largest absolute Gasteiger partial charge is 0.418 e. The van der Waals surface area contributed by atoms with Gasteiger partial charge in [0.1, 0.15) is 10.7 Å². The number of fused-ring (bicyclic) bond motifs is 5. The Kier molecular flexibility index (Phi) is 5.56. The maximum atomic E-state index is 13.2. The molecule has 0 radical (unpaired) electrons. The summed E-state index contributed by atoms with van der Waals surface area (Å²) in [7, 11) is 0. The number of thiophene rings is 1. The first-order chi connectivity index (χ1) is 15.7. The minimum absolute atomic E-state index is 0.107. The SMILES string of the molecule is Cc1nc2sc3c(c2c2nnc(SCC(=O)Nc4ccccc4C(F)(F)F)n12)CC[C@@H](C)C3. The number of carbonyl (C=O) groups is 1. The summed E-state index contributed by atoms with van der Waals surface area (Å²) in [6, 6.07) is 4.92. The minimum Gasteiger partial charge on any atom is -0.325 e. The standard InChI is InChI=1S/C22H20F3N5OS2/c1-11-7-8-13-16(9-11)33-20-18(13)19-28-29-21(30(19)12(2)26-20)32-10-17(31)27-15-6-4-3-5-14(15)22(23,24)25/h3-6,11H,7-10H2,1-2H3,(H,27,31)/t11-/m1/s1. The number of hydrogen-bond acceptors (Lipinski definition) is 6. The van der Waals surface area contributed by atoms with Crippen LogP contribution in [0.1, 0.15) is 35.2 Å². The van der Waals surface area contributed by atoms with Crippen LogP contribution in [-0.4, -0.2) is 31.2 Å². The number of para-hydroxylation sites is 1. The summed E-state index contributed by atoms with van der Waals surface area (Å²) in [5.41, 5.74) is 0.863. The predicted molar refractivity (Wildman–Crippen MR) is 123 cm³/mol. The minimum atomic E-state index is -4.55. The van der Waals surface area contributed by atoms with Crippen molar-refractivity contribution in [3.05, 3.63) is 46.1 Å². The van der Waals surface area contributed by atoms with Crippen LogP contribution in [0.5, 0.6) is 0 Å². The van der Waals surface area contributed by atoms with Gasteiger partial charge < -0.3 is 5.32 Å². The van der Waals surface area contributed by atoms with Crippen LogP contribution in [0.3, 0.4) is 0 Å². The fourth-order valence-corrected chi connectivity index (χ4v) is 6.42. The van der Waals surface area contributed by atoms with E-state index in [1.165, 1.54) is 28.6 Å². The number of carbonyl (C=O) groups excluding carboxylic acids is 1. The van der Waals surface area contributed by atoms with E-state index >= 15 is 0 Å². The van der Waals surface area contributed by atoms with Crippen LogP contribution >= 0.6 is 23.1 Å². The lowest BCUT2D eigenvalue weighted by Gasteiger charge is -2.17. The molecule has 1 atom stereocenters. The van der Waals surface area contributed by atoms with Gasteiger partial charge in [-0.15, -0.1) is 21.5 Å². The fourth-order valence-electron chi connectivity index (χ4n) is 4.22. The van der Waals surface area contributed by atoms with Gasteiger partial charge in [0, 0.05) is 4.88 Å². The maximum Gasteiger partial charge on any atom is 0.418 e. The topological polar surface area (TPSA) is 72.2 Å². The highest BCUT2D eigenvalue weighted by Crippen LogP contribution is 2.40. The smallest absolute Gasteiger partial charge is 0.325 e. The molecule has 0 aliphatic heterocycles. The Labute approximate surface area is 195 Å². The number of aromatic nitrogens is 4. The van der Waals surface area contributed by atoms with E-state index in [9.17, 15) is 18.0 Å². The van der Waals surface area contributed by atoms with E-state index in [1.807, 2.05) is 11.3 Å². The van der Waals surface area contributed by atoms with Crippen LogP contribution in [0.4, 0.5) is 18.9 Å². The van der Waals surface area contributed by atoms with Gasteiger partial charge in [-0.2, -0.15) is 13.2 Å². The number of rotatable bonds is 4. The first-order valence-electron chi connectivity index (χ1n) is 10.5. The molecule has 6 nitrogen and oxygen atoms in total. The van der Waals surface area contributed by atoms with Crippen molar-refractivity contribution in [2.24, 2.45) is 5.92 Å². The van der Waals surface area contributed by atoms with Crippen LogP contribution in [0.15, 0.2) is 29.4 Å². The Morgan fingerprint density at radius 2 is 2.09 bits per heavy atom. The lowest BCUT2D eigenvalue weighted by molar-refractivity contribution is -0.137. The van der Waals surface area contributed by atoms with Crippen LogP contribution in [-0.2, 0) is 23.8 Å². The second-order valence-corrected chi connectivity index (χ2v) is 10.2. The van der Waals surface area contributed by atoms with Gasteiger partial charge >= 0.3 is 6.18 Å². The molecule has 0 saturated heterocycles. The Hall–Kier alpha value is -2.66. The zero-order chi connectivity index (χ0) is 23.3. The maximum absolute atomic E-state index is 13.2. The monoisotopic (exact) mass is 491 g/mol. The third-order valence-corrected chi connectivity index (χ3v) is 7.85. The van der Waals surface area contributed by atoms with Crippen LogP contribution < -0.4 is 5.32 Å². The van der Waals surface area contributed by atoms with Gasteiger partial charge in [0.25, 0.3) is 0 Å². The number of thioether (sulfide) groups is 1. The lowest BCUT2D eigenvalue weighted by Crippen LogP contribution is -2.18. The highest BCUT2D eigenvalue weighted by Gasteiger charge is 2.33. The van der Waals surface area contributed by atoms with Gasteiger partial charge in [0.2, 0.25) is 5.91 Å². The number of amides is 1. The third kappa shape index (κ3) is 4.08. The number of nitrogens with one attached hydrogen (secondary N) is 1. The molecular formula is C22H20F3N5OS2. The molecule has 1 aromatic carbocycles. The molecule has 0 unspecified atom stereocenters. The second-order valence-electron chi connectivity index (χ2n) is 8.21. The molecule has 11 heteroatoms. The van der Waals surface area contributed by atoms with Crippen LogP contribution in [0, 0.1) is 12.8 Å². The van der Waals surface area contributed by atoms with E-state index in [0.29, 0.717) is 16.9 Å². The molecule has 1 N–H and O–H groups in total. The molecular weight excluding hydrogens is 471 g/mol. The lowest BCUT2D eigenvalue weighted by atomic mass is 9.89. The molecule has 172 valence electrons. The number of halogens is 3. The molecule has 3 aromatic heterocycles. The van der Waals surface area contributed by atoms with Crippen molar-refractivity contribution in [1.29, 1.82) is 0 Å². The van der Waals surface area contributed by atoms with Gasteiger partial charge in [-0.25, -0.2) is 4.98 Å². The van der Waals surface area contributed by atoms with Crippen molar-refractivity contribution in [3.63, 3.8) is 0 Å². The van der Waals surface area contributed by atoms with Crippen molar-refractivity contribution in [2.45, 2.75) is 44.4 Å². The molecule has 0 fully saturated rings. The van der Waals surface area contributed by atoms with Crippen molar-refractivity contribution in [3.8, 4) is 0 Å². The second kappa shape index (κ2) is 8.28. The summed E-state index contributed by atoms with van der Waals surface area (Å²) in [6.45, 7) is 4.12. The van der Waals surface area contributed by atoms with E-state index in [4.69, 9.17) is 4.98 Å². The van der Waals surface area contributed by atoms with Crippen LogP contribution in [0.25, 0.3) is 15.9 Å². The summed E-state index contributed by atoms with van der Waals surface area (Å²) < 4.78 is 41.4. The summed E-state index contributed by atoms with van der Waals surface area (Å²) >= 11 is 2.83. The Morgan fingerprint density at radius 1 is 1.30 bits per heavy atom. The predicted octanol–water partition coefficient (Wildman–Crippen LogP) is 5.52. The number of aryl methyl sites for hydroxylation is 2. The van der Waals surface area contributed by atoms with Crippen molar-refractivity contribution in [2.75, 3.05) is 11.1 Å². The molecule has 33 heavy (non-hydrogen) atoms. The normalized spacial score (nSPS) is 16.3. The Bertz CT molecular complexity index is 1380. The van der Waals surface area contributed by atoms with E-state index in [0.717, 1.165) is 53.0 Å². The number of benzene rings is 1. The molecule has 0 bridgehead atoms. The number of nitrogens with zero attached hydrogens (tertiary/aromatic N) is 4. The molecule has 1 amide bonds. The molecule has 3 heterocycles. The average Bonchev–Trinajstić information content (AvgIpc) is 3.32. The van der Waals surface area contributed by atoms with E-state index < -0.39 is 17.6 Å². The third-order valence-electron chi connectivity index (χ3n) is 5.78. The molecule has 5 rings (SSSR count). The molecule has 1 aliphatic rings. The first kappa shape index (κ1) is 22.1. The molecule has 4 aromatic rings. The average molecular weight is 492 g/mol. The number of hydrogen-bond donors (Lipinski definition) is 1. The van der Waals surface area contributed by atoms with E-state index in [1.54, 1.807) is 11.3 Å². The Morgan fingerprint density at radius 3 is 2.88 bits per heavy atom. The Balaban J connectivity index is 1.40. The summed E-state index contributed by atoms with van der Waals surface area (Å²) in [5.74, 6) is 0.693. The summed E-state index contributed by atoms with van der Waals surface area (Å²) in [6.07, 6.45) is -1.41. The fraction of sp³-hybridized carbons (Fsp3) is 0.364. The summed E-state index contributed by atoms with van der Waals surface area (Å²) in [4.78, 5) is 19.5. The number of anilines is 1. The highest BCUT2D eigenvalue weighted by atomic mass is 32.2. The van der Waals surface area contributed by atoms with Gasteiger partial charge in [0.15, 0.2) is 10.8 Å². The zero-order valence-corrected chi connectivity index (χ0v) is 19.5. The zero-order valence-electron chi connectivity index (χ0n) is 17.9. The van der Waals surface area contributed by atoms with Crippen molar-refractivity contribution in [1.82, 2.24) is 19.6 Å². The highest BCUT2D eigenvalue weighted by molar-refractivity contribution is 7.99. The molecule has 0 saturated carbocycles. The van der Waals surface area contributed by atoms with E-state index in [2.05, 4.69) is 22.4 Å². The number of alkyl halides is 3.